The lowest BCUT2D eigenvalue weighted by atomic mass is 9.84. The minimum Gasteiger partial charge on any atom is -0.497 e. The average molecular weight is 613 g/mol. The minimum atomic E-state index is -0.789. The number of aliphatic carboxylic acids is 1. The number of carbonyl (C=O) groups is 3. The smallest absolute Gasteiger partial charge is 0.306 e. The van der Waals surface area contributed by atoms with E-state index in [1.807, 2.05) is 65.8 Å². The number of benzene rings is 1. The lowest BCUT2D eigenvalue weighted by Crippen LogP contribution is -2.33. The first-order chi connectivity index (χ1) is 18.8. The summed E-state index contributed by atoms with van der Waals surface area (Å²) in [6.45, 7) is 15.9. The molecular formula is C29H54O7S3. The van der Waals surface area contributed by atoms with Gasteiger partial charge in [-0.05, 0) is 37.6 Å². The van der Waals surface area contributed by atoms with Crippen LogP contribution < -0.4 is 4.74 Å². The molecule has 0 heterocycles. The van der Waals surface area contributed by atoms with Crippen LogP contribution in [0.4, 0.5) is 0 Å². The number of thiol groups is 3. The average Bonchev–Trinajstić information content (AvgIpc) is 2.90. The molecule has 0 aliphatic heterocycles. The largest absolute Gasteiger partial charge is 0.497 e. The van der Waals surface area contributed by atoms with Crippen molar-refractivity contribution in [2.75, 3.05) is 26.1 Å². The molecule has 0 fully saturated rings. The third-order valence-electron chi connectivity index (χ3n) is 4.71. The Labute approximate surface area is 255 Å². The zero-order valence-corrected chi connectivity index (χ0v) is 28.0. The van der Waals surface area contributed by atoms with Crippen LogP contribution in [0, 0.1) is 12.3 Å². The van der Waals surface area contributed by atoms with Crippen molar-refractivity contribution in [1.29, 1.82) is 0 Å². The van der Waals surface area contributed by atoms with Gasteiger partial charge < -0.3 is 19.3 Å². The molecule has 0 aliphatic carbocycles. The first-order valence-corrected chi connectivity index (χ1v) is 14.8. The summed E-state index contributed by atoms with van der Waals surface area (Å²) in [7, 11) is 1.63. The van der Waals surface area contributed by atoms with Crippen molar-refractivity contribution in [3.8, 4) is 5.75 Å². The van der Waals surface area contributed by atoms with Gasteiger partial charge in [0, 0.05) is 24.2 Å². The zero-order chi connectivity index (χ0) is 32.1. The fourth-order valence-corrected chi connectivity index (χ4v) is 2.67. The van der Waals surface area contributed by atoms with Gasteiger partial charge in [-0.25, -0.2) is 0 Å². The summed E-state index contributed by atoms with van der Waals surface area (Å²) >= 11 is 11.8. The Morgan fingerprint density at radius 1 is 0.949 bits per heavy atom. The van der Waals surface area contributed by atoms with Gasteiger partial charge in [0.2, 0.25) is 0 Å². The summed E-state index contributed by atoms with van der Waals surface area (Å²) in [5.41, 5.74) is 0.738. The standard InChI is InChI=1S/C13H24O4S.C8H10O.C4H8O2S.C2H6S.C2H6/c1-5-13(6-2,8-16-11(4)14)9-17-12(15)7-10(3)18;1-7-3-5-8(9-2)6-4-7;1-3(7)2-4(5)6;1-2-3;1-2/h10,18H,5-9H2,1-4H3;3-6H,1-2H3;3,7H,2H2,1H3,(H,5,6);3H,2H2,1H3;1-2H3/i;1T;;;. The monoisotopic (exact) mass is 612 g/mol. The van der Waals surface area contributed by atoms with Crippen LogP contribution in [-0.4, -0.2) is 59.6 Å². The van der Waals surface area contributed by atoms with E-state index in [1.165, 1.54) is 6.92 Å². The molecule has 1 rings (SSSR count). The predicted octanol–water partition coefficient (Wildman–Crippen LogP) is 7.35. The van der Waals surface area contributed by atoms with Gasteiger partial charge in [-0.1, -0.05) is 66.2 Å². The lowest BCUT2D eigenvalue weighted by molar-refractivity contribution is -0.153. The van der Waals surface area contributed by atoms with Gasteiger partial charge in [0.1, 0.15) is 19.0 Å². The molecule has 0 aliphatic rings. The molecule has 0 spiro atoms. The third-order valence-corrected chi connectivity index (χ3v) is 5.08. The normalized spacial score (nSPS) is 11.4. The second-order valence-electron chi connectivity index (χ2n) is 8.31. The van der Waals surface area contributed by atoms with E-state index in [9.17, 15) is 14.4 Å². The molecule has 39 heavy (non-hydrogen) atoms. The number of ether oxygens (including phenoxy) is 3. The van der Waals surface area contributed by atoms with Crippen molar-refractivity contribution < 1.29 is 35.1 Å². The van der Waals surface area contributed by atoms with Crippen molar-refractivity contribution in [1.82, 2.24) is 0 Å². The van der Waals surface area contributed by atoms with Gasteiger partial charge in [-0.2, -0.15) is 37.9 Å². The number of rotatable bonds is 11. The van der Waals surface area contributed by atoms with Gasteiger partial charge in [-0.3, -0.25) is 14.4 Å². The lowest BCUT2D eigenvalue weighted by Gasteiger charge is -2.30. The Morgan fingerprint density at radius 2 is 1.38 bits per heavy atom. The Bertz CT molecular complexity index is 719. The van der Waals surface area contributed by atoms with E-state index in [0.717, 1.165) is 29.9 Å². The number of esters is 2. The Kier molecular flexibility index (Phi) is 31.7. The Hall–Kier alpha value is -1.52. The highest BCUT2D eigenvalue weighted by molar-refractivity contribution is 7.81. The van der Waals surface area contributed by atoms with Crippen molar-refractivity contribution >= 4 is 55.8 Å². The highest BCUT2D eigenvalue weighted by Crippen LogP contribution is 2.27. The molecule has 230 valence electrons. The second-order valence-corrected chi connectivity index (χ2v) is 10.7. The number of carboxylic acid groups (broad SMARTS) is 1. The molecule has 1 aromatic rings. The van der Waals surface area contributed by atoms with Crippen LogP contribution in [0.25, 0.3) is 0 Å². The molecule has 7 nitrogen and oxygen atoms in total. The fraction of sp³-hybridized carbons (Fsp3) is 0.690. The number of hydrogen-bond acceptors (Lipinski definition) is 9. The number of carbonyl (C=O) groups excluding carboxylic acids is 2. The van der Waals surface area contributed by atoms with E-state index in [4.69, 9.17) is 20.7 Å². The summed E-state index contributed by atoms with van der Waals surface area (Å²) in [4.78, 5) is 32.1. The van der Waals surface area contributed by atoms with Crippen LogP contribution in [0.3, 0.4) is 0 Å². The van der Waals surface area contributed by atoms with E-state index in [2.05, 4.69) is 37.9 Å². The maximum atomic E-state index is 11.5. The summed E-state index contributed by atoms with van der Waals surface area (Å²) < 4.78 is 22.3. The van der Waals surface area contributed by atoms with Crippen LogP contribution in [0.1, 0.15) is 88.0 Å². The van der Waals surface area contributed by atoms with Crippen molar-refractivity contribution in [2.45, 2.75) is 98.5 Å². The topological polar surface area (TPSA) is 99.1 Å². The van der Waals surface area contributed by atoms with Crippen molar-refractivity contribution in [3.05, 3.63) is 29.8 Å². The summed E-state index contributed by atoms with van der Waals surface area (Å²) in [5.74, 6) is 0.433. The molecule has 0 aromatic heterocycles. The summed E-state index contributed by atoms with van der Waals surface area (Å²) in [5, 5.41) is 7.99. The van der Waals surface area contributed by atoms with Crippen LogP contribution in [0.5, 0.6) is 5.75 Å². The van der Waals surface area contributed by atoms with E-state index < -0.39 is 5.97 Å². The maximum Gasteiger partial charge on any atom is 0.306 e. The quantitative estimate of drug-likeness (QED) is 0.153. The highest BCUT2D eigenvalue weighted by atomic mass is 32.1. The zero-order valence-electron chi connectivity index (χ0n) is 26.4. The van der Waals surface area contributed by atoms with Crippen LogP contribution in [0.15, 0.2) is 24.3 Å². The highest BCUT2D eigenvalue weighted by Gasteiger charge is 2.29. The molecule has 0 saturated heterocycles. The van der Waals surface area contributed by atoms with E-state index in [1.54, 1.807) is 14.0 Å². The first-order valence-electron chi connectivity index (χ1n) is 13.9. The molecule has 1 aromatic carbocycles. The first kappa shape index (κ1) is 42.0. The SMILES string of the molecule is CC.CC(S)CC(=O)O.CCC(CC)(COC(C)=O)COC(=O)CC(C)S.CCS.[3H]Cc1ccc(OC)cc1. The molecular weight excluding hydrogens is 557 g/mol. The van der Waals surface area contributed by atoms with E-state index >= 15 is 0 Å². The molecule has 2 atom stereocenters. The van der Waals surface area contributed by atoms with E-state index in [-0.39, 0.29) is 40.9 Å². The molecule has 0 radical (unpaired) electrons. The van der Waals surface area contributed by atoms with Crippen LogP contribution >= 0.6 is 37.9 Å². The predicted molar refractivity (Wildman–Crippen MR) is 173 cm³/mol. The molecule has 2 unspecified atom stereocenters. The van der Waals surface area contributed by atoms with Crippen LogP contribution in [-0.2, 0) is 23.9 Å². The van der Waals surface area contributed by atoms with Crippen LogP contribution in [0.2, 0.25) is 0 Å². The summed E-state index contributed by atoms with van der Waals surface area (Å²) in [6.07, 6.45) is 2.02. The minimum absolute atomic E-state index is 0.0105. The summed E-state index contributed by atoms with van der Waals surface area (Å²) in [6, 6.07) is 7.52. The Balaban J connectivity index is -0.000000246. The fourth-order valence-electron chi connectivity index (χ4n) is 2.37. The Morgan fingerprint density at radius 3 is 1.67 bits per heavy atom. The number of carboxylic acids is 1. The van der Waals surface area contributed by atoms with Gasteiger partial charge in [0.25, 0.3) is 0 Å². The van der Waals surface area contributed by atoms with Gasteiger partial charge >= 0.3 is 17.9 Å². The van der Waals surface area contributed by atoms with E-state index in [0.29, 0.717) is 19.9 Å². The second kappa shape index (κ2) is 29.5. The number of hydrogen-bond donors (Lipinski definition) is 4. The van der Waals surface area contributed by atoms with Gasteiger partial charge in [-0.15, -0.1) is 0 Å². The van der Waals surface area contributed by atoms with Crippen molar-refractivity contribution in [3.63, 3.8) is 0 Å². The maximum absolute atomic E-state index is 11.5. The van der Waals surface area contributed by atoms with Gasteiger partial charge in [0.05, 0.1) is 20.0 Å². The molecule has 0 saturated carbocycles. The van der Waals surface area contributed by atoms with Crippen molar-refractivity contribution in [2.24, 2.45) is 5.41 Å². The van der Waals surface area contributed by atoms with Gasteiger partial charge in [0.15, 0.2) is 0 Å². The molecule has 0 amide bonds. The molecule has 0 bridgehead atoms. The third kappa shape index (κ3) is 32.6. The molecule has 1 N–H and O–H groups in total. The number of aryl methyl sites for hydroxylation is 1. The number of methoxy groups -OCH3 is 1. The molecule has 10 heteroatoms.